The summed E-state index contributed by atoms with van der Waals surface area (Å²) in [6.45, 7) is 2.27. The van der Waals surface area contributed by atoms with Crippen LogP contribution in [0.4, 0.5) is 4.39 Å². The van der Waals surface area contributed by atoms with E-state index in [9.17, 15) is 17.6 Å². The molecule has 1 aliphatic rings. The Balaban J connectivity index is 1.94. The van der Waals surface area contributed by atoms with Crippen molar-refractivity contribution in [2.75, 3.05) is 13.2 Å². The number of hydrogen-bond acceptors (Lipinski definition) is 5. The molecule has 0 radical (unpaired) electrons. The Morgan fingerprint density at radius 3 is 2.88 bits per heavy atom. The molecule has 1 heterocycles. The summed E-state index contributed by atoms with van der Waals surface area (Å²) < 4.78 is 50.5. The van der Waals surface area contributed by atoms with E-state index in [1.54, 1.807) is 4.72 Å². The van der Waals surface area contributed by atoms with Crippen molar-refractivity contribution >= 4 is 27.5 Å². The van der Waals surface area contributed by atoms with Crippen molar-refractivity contribution in [3.05, 3.63) is 29.0 Å². The van der Waals surface area contributed by atoms with Gasteiger partial charge in [-0.25, -0.2) is 17.5 Å². The van der Waals surface area contributed by atoms with Crippen LogP contribution in [0.1, 0.15) is 26.2 Å². The summed E-state index contributed by atoms with van der Waals surface area (Å²) in [5.74, 6) is -1.91. The number of carbonyl (C=O) groups is 1. The fourth-order valence-corrected chi connectivity index (χ4v) is 3.49. The monoisotopic (exact) mass is 379 g/mol. The lowest BCUT2D eigenvalue weighted by atomic mass is 10.1. The third-order valence-corrected chi connectivity index (χ3v) is 5.21. The van der Waals surface area contributed by atoms with Gasteiger partial charge in [0.2, 0.25) is 0 Å². The van der Waals surface area contributed by atoms with E-state index in [0.717, 1.165) is 31.4 Å². The normalized spacial score (nSPS) is 19.7. The van der Waals surface area contributed by atoms with Gasteiger partial charge >= 0.3 is 0 Å². The summed E-state index contributed by atoms with van der Waals surface area (Å²) in [5, 5.41) is 0.0574. The number of hydrogen-bond donors (Lipinski definition) is 1. The maximum Gasteiger partial charge on any atom is 0.267 e. The number of nitrogens with one attached hydrogen (secondary N) is 1. The first-order valence-corrected chi connectivity index (χ1v) is 9.40. The molecule has 1 aromatic carbocycles. The highest BCUT2D eigenvalue weighted by atomic mass is 35.5. The summed E-state index contributed by atoms with van der Waals surface area (Å²) in [7, 11) is -4.34. The number of ether oxygens (including phenoxy) is 2. The van der Waals surface area contributed by atoms with Crippen LogP contribution >= 0.6 is 11.6 Å². The predicted octanol–water partition coefficient (Wildman–Crippen LogP) is 2.26. The number of rotatable bonds is 6. The number of carbonyl (C=O) groups excluding carboxylic acids is 1. The maximum absolute atomic E-state index is 13.7. The molecule has 1 aromatic rings. The van der Waals surface area contributed by atoms with Crippen LogP contribution in [0.2, 0.25) is 5.02 Å². The summed E-state index contributed by atoms with van der Waals surface area (Å²) >= 11 is 5.58. The van der Waals surface area contributed by atoms with Crippen molar-refractivity contribution in [3.8, 4) is 0 Å². The molecule has 2 rings (SSSR count). The minimum Gasteiger partial charge on any atom is -0.376 e. The van der Waals surface area contributed by atoms with Crippen LogP contribution in [0.25, 0.3) is 0 Å². The van der Waals surface area contributed by atoms with Gasteiger partial charge in [-0.3, -0.25) is 4.79 Å². The molecule has 0 saturated carbocycles. The molecular formula is C15H19ClFNO5S. The molecule has 9 heteroatoms. The Labute approximate surface area is 145 Å². The van der Waals surface area contributed by atoms with Gasteiger partial charge in [0.1, 0.15) is 16.8 Å². The minimum absolute atomic E-state index is 0.0574. The van der Waals surface area contributed by atoms with Gasteiger partial charge in [-0.05, 0) is 44.4 Å². The molecule has 24 heavy (non-hydrogen) atoms. The average Bonchev–Trinajstić information content (AvgIpc) is 2.52. The highest BCUT2D eigenvalue weighted by Crippen LogP contribution is 2.19. The van der Waals surface area contributed by atoms with Crippen molar-refractivity contribution in [1.82, 2.24) is 4.72 Å². The van der Waals surface area contributed by atoms with E-state index in [1.807, 2.05) is 0 Å². The predicted molar refractivity (Wildman–Crippen MR) is 85.7 cm³/mol. The van der Waals surface area contributed by atoms with Gasteiger partial charge in [-0.15, -0.1) is 0 Å². The quantitative estimate of drug-likeness (QED) is 0.819. The Morgan fingerprint density at radius 1 is 1.50 bits per heavy atom. The van der Waals surface area contributed by atoms with Crippen LogP contribution < -0.4 is 4.72 Å². The second-order valence-corrected chi connectivity index (χ2v) is 7.60. The Morgan fingerprint density at radius 2 is 2.25 bits per heavy atom. The first-order chi connectivity index (χ1) is 11.3. The van der Waals surface area contributed by atoms with Crippen LogP contribution in [-0.4, -0.2) is 39.7 Å². The van der Waals surface area contributed by atoms with Crippen molar-refractivity contribution in [1.29, 1.82) is 0 Å². The molecule has 0 aliphatic carbocycles. The molecule has 2 unspecified atom stereocenters. The minimum atomic E-state index is -4.34. The summed E-state index contributed by atoms with van der Waals surface area (Å²) in [5.41, 5.74) is 0. The zero-order valence-electron chi connectivity index (χ0n) is 13.1. The second kappa shape index (κ2) is 8.24. The first-order valence-electron chi connectivity index (χ1n) is 7.54. The topological polar surface area (TPSA) is 81.7 Å². The van der Waals surface area contributed by atoms with Crippen LogP contribution in [0.3, 0.4) is 0 Å². The molecule has 134 valence electrons. The van der Waals surface area contributed by atoms with Gasteiger partial charge in [0.05, 0.1) is 12.7 Å². The van der Waals surface area contributed by atoms with Crippen molar-refractivity contribution in [3.63, 3.8) is 0 Å². The smallest absolute Gasteiger partial charge is 0.267 e. The first kappa shape index (κ1) is 19.1. The zero-order valence-corrected chi connectivity index (χ0v) is 14.7. The molecule has 1 N–H and O–H groups in total. The Hall–Kier alpha value is -1.22. The van der Waals surface area contributed by atoms with E-state index in [4.69, 9.17) is 21.1 Å². The molecule has 1 fully saturated rings. The lowest BCUT2D eigenvalue weighted by Crippen LogP contribution is -2.40. The molecule has 1 saturated heterocycles. The molecule has 1 aliphatic heterocycles. The van der Waals surface area contributed by atoms with Gasteiger partial charge in [-0.1, -0.05) is 11.6 Å². The number of halogens is 2. The molecule has 0 aromatic heterocycles. The van der Waals surface area contributed by atoms with E-state index >= 15 is 0 Å². The third-order valence-electron chi connectivity index (χ3n) is 3.59. The molecule has 2 atom stereocenters. The van der Waals surface area contributed by atoms with Crippen LogP contribution in [0.5, 0.6) is 0 Å². The van der Waals surface area contributed by atoms with Crippen LogP contribution in [0.15, 0.2) is 23.1 Å². The van der Waals surface area contributed by atoms with Crippen molar-refractivity contribution in [2.24, 2.45) is 0 Å². The molecule has 0 spiro atoms. The average molecular weight is 380 g/mol. The molecular weight excluding hydrogens is 361 g/mol. The van der Waals surface area contributed by atoms with E-state index in [0.29, 0.717) is 6.61 Å². The number of amides is 1. The second-order valence-electron chi connectivity index (χ2n) is 5.51. The van der Waals surface area contributed by atoms with Gasteiger partial charge in [-0.2, -0.15) is 0 Å². The van der Waals surface area contributed by atoms with Crippen LogP contribution in [-0.2, 0) is 24.3 Å². The zero-order chi connectivity index (χ0) is 17.7. The molecule has 1 amide bonds. The van der Waals surface area contributed by atoms with Crippen LogP contribution in [0, 0.1) is 5.82 Å². The van der Waals surface area contributed by atoms with Gasteiger partial charge in [0.15, 0.2) is 0 Å². The lowest BCUT2D eigenvalue weighted by molar-refractivity contribution is -0.133. The van der Waals surface area contributed by atoms with Gasteiger partial charge in [0.25, 0.3) is 15.9 Å². The Bertz CT molecular complexity index is 691. The third kappa shape index (κ3) is 5.14. The fourth-order valence-electron chi connectivity index (χ4n) is 2.23. The maximum atomic E-state index is 13.7. The number of benzene rings is 1. The fraction of sp³-hybridized carbons (Fsp3) is 0.533. The van der Waals surface area contributed by atoms with E-state index in [2.05, 4.69) is 0 Å². The van der Waals surface area contributed by atoms with Crippen molar-refractivity contribution < 1.29 is 27.1 Å². The van der Waals surface area contributed by atoms with Crippen molar-refractivity contribution in [2.45, 2.75) is 43.3 Å². The lowest BCUT2D eigenvalue weighted by Gasteiger charge is -2.23. The van der Waals surface area contributed by atoms with Gasteiger partial charge < -0.3 is 9.47 Å². The Kier molecular flexibility index (Phi) is 6.56. The summed E-state index contributed by atoms with van der Waals surface area (Å²) in [4.78, 5) is 11.3. The molecule has 0 bridgehead atoms. The molecule has 6 nitrogen and oxygen atoms in total. The summed E-state index contributed by atoms with van der Waals surface area (Å²) in [6, 6.07) is 3.08. The van der Waals surface area contributed by atoms with Gasteiger partial charge in [0, 0.05) is 11.6 Å². The largest absolute Gasteiger partial charge is 0.376 e. The van der Waals surface area contributed by atoms with E-state index in [1.165, 1.54) is 13.0 Å². The highest BCUT2D eigenvalue weighted by Gasteiger charge is 2.26. The van der Waals surface area contributed by atoms with E-state index in [-0.39, 0.29) is 17.7 Å². The summed E-state index contributed by atoms with van der Waals surface area (Å²) in [6.07, 6.45) is 1.75. The van der Waals surface area contributed by atoms with E-state index < -0.39 is 32.7 Å². The standard InChI is InChI=1S/C15H19ClFNO5S/c1-10(23-9-12-4-2-3-7-22-12)15(19)18-24(20,21)14-6-5-11(16)8-13(14)17/h5-6,8,10,12H,2-4,7,9H2,1H3,(H,18,19). The SMILES string of the molecule is CC(OCC1CCCCO1)C(=O)NS(=O)(=O)c1ccc(Cl)cc1F. The highest BCUT2D eigenvalue weighted by molar-refractivity contribution is 7.90. The number of sulfonamides is 1.